The van der Waals surface area contributed by atoms with Crippen molar-refractivity contribution in [3.05, 3.63) is 0 Å². The van der Waals surface area contributed by atoms with Crippen molar-refractivity contribution in [2.24, 2.45) is 0 Å². The first kappa shape index (κ1) is 19.8. The number of nitrogens with one attached hydrogen (secondary N) is 1. The summed E-state index contributed by atoms with van der Waals surface area (Å²) in [4.78, 5) is 0. The lowest BCUT2D eigenvalue weighted by Crippen LogP contribution is -2.48. The van der Waals surface area contributed by atoms with Crippen LogP contribution in [-0.4, -0.2) is 49.2 Å². The minimum atomic E-state index is -0.138. The average Bonchev–Trinajstić information content (AvgIpc) is 2.40. The molecule has 2 N–H and O–H groups in total. The Kier molecular flexibility index (Phi) is 10.5. The van der Waals surface area contributed by atoms with Crippen LogP contribution in [0.3, 0.4) is 0 Å². The fourth-order valence-electron chi connectivity index (χ4n) is 2.05. The zero-order valence-electron chi connectivity index (χ0n) is 14.1. The van der Waals surface area contributed by atoms with Crippen molar-refractivity contribution in [2.45, 2.75) is 71.4 Å². The van der Waals surface area contributed by atoms with Gasteiger partial charge in [0, 0.05) is 12.1 Å². The van der Waals surface area contributed by atoms with Crippen LogP contribution in [0.1, 0.15) is 60.3 Å². The van der Waals surface area contributed by atoms with Crippen LogP contribution in [0.2, 0.25) is 0 Å². The van der Waals surface area contributed by atoms with Crippen LogP contribution in [0.5, 0.6) is 0 Å². The molecular weight excluding hydrogens is 254 g/mol. The Labute approximate surface area is 125 Å². The molecule has 0 amide bonds. The lowest BCUT2D eigenvalue weighted by atomic mass is 9.91. The predicted octanol–water partition coefficient (Wildman–Crippen LogP) is 2.74. The Hall–Kier alpha value is -0.160. The Morgan fingerprint density at radius 2 is 1.75 bits per heavy atom. The SMILES string of the molecule is CCCNC(CC)(CO)CCCOCCOC(C)(C)C. The molecule has 20 heavy (non-hydrogen) atoms. The zero-order chi connectivity index (χ0) is 15.5. The highest BCUT2D eigenvalue weighted by atomic mass is 16.5. The van der Waals surface area contributed by atoms with Crippen LogP contribution < -0.4 is 5.32 Å². The van der Waals surface area contributed by atoms with Crippen molar-refractivity contribution in [1.82, 2.24) is 5.32 Å². The van der Waals surface area contributed by atoms with Crippen LogP contribution in [0.15, 0.2) is 0 Å². The van der Waals surface area contributed by atoms with Gasteiger partial charge in [0.05, 0.1) is 25.4 Å². The summed E-state index contributed by atoms with van der Waals surface area (Å²) in [5.74, 6) is 0. The molecule has 0 radical (unpaired) electrons. The predicted molar refractivity (Wildman–Crippen MR) is 84.2 cm³/mol. The summed E-state index contributed by atoms with van der Waals surface area (Å²) in [7, 11) is 0. The summed E-state index contributed by atoms with van der Waals surface area (Å²) in [6, 6.07) is 0. The van der Waals surface area contributed by atoms with E-state index in [2.05, 4.69) is 19.2 Å². The van der Waals surface area contributed by atoms with Gasteiger partial charge in [-0.15, -0.1) is 0 Å². The van der Waals surface area contributed by atoms with E-state index in [1.165, 1.54) is 0 Å². The van der Waals surface area contributed by atoms with Gasteiger partial charge in [0.15, 0.2) is 0 Å². The number of aliphatic hydroxyl groups excluding tert-OH is 1. The highest BCUT2D eigenvalue weighted by Crippen LogP contribution is 2.17. The fourth-order valence-corrected chi connectivity index (χ4v) is 2.05. The Morgan fingerprint density at radius 1 is 1.05 bits per heavy atom. The van der Waals surface area contributed by atoms with E-state index in [1.54, 1.807) is 0 Å². The topological polar surface area (TPSA) is 50.7 Å². The van der Waals surface area contributed by atoms with Crippen LogP contribution in [0.25, 0.3) is 0 Å². The molecule has 0 aromatic carbocycles. The quantitative estimate of drug-likeness (QED) is 0.542. The molecule has 4 heteroatoms. The first-order valence-electron chi connectivity index (χ1n) is 7.96. The summed E-state index contributed by atoms with van der Waals surface area (Å²) < 4.78 is 11.2. The number of rotatable bonds is 12. The molecule has 1 atom stereocenters. The highest BCUT2D eigenvalue weighted by molar-refractivity contribution is 4.85. The second-order valence-electron chi connectivity index (χ2n) is 6.40. The third-order valence-electron chi connectivity index (χ3n) is 3.44. The van der Waals surface area contributed by atoms with E-state index >= 15 is 0 Å². The van der Waals surface area contributed by atoms with Gasteiger partial charge in [0.25, 0.3) is 0 Å². The Balaban J connectivity index is 3.73. The van der Waals surface area contributed by atoms with Gasteiger partial charge in [-0.3, -0.25) is 0 Å². The van der Waals surface area contributed by atoms with Crippen molar-refractivity contribution >= 4 is 0 Å². The Morgan fingerprint density at radius 3 is 2.25 bits per heavy atom. The van der Waals surface area contributed by atoms with E-state index in [-0.39, 0.29) is 17.7 Å². The van der Waals surface area contributed by atoms with E-state index in [0.717, 1.165) is 38.8 Å². The molecule has 4 nitrogen and oxygen atoms in total. The van der Waals surface area contributed by atoms with E-state index in [1.807, 2.05) is 20.8 Å². The summed E-state index contributed by atoms with van der Waals surface area (Å²) in [6.45, 7) is 13.5. The van der Waals surface area contributed by atoms with Crippen LogP contribution in [-0.2, 0) is 9.47 Å². The maximum atomic E-state index is 9.61. The third kappa shape index (κ3) is 9.70. The molecule has 0 spiro atoms. The van der Waals surface area contributed by atoms with Gasteiger partial charge in [-0.05, 0) is 53.0 Å². The standard InChI is InChI=1S/C16H35NO3/c1-6-10-17-16(7-2,14-18)9-8-11-19-12-13-20-15(3,4)5/h17-18H,6-14H2,1-5H3. The fraction of sp³-hybridized carbons (Fsp3) is 1.00. The van der Waals surface area contributed by atoms with Gasteiger partial charge in [0.1, 0.15) is 0 Å². The van der Waals surface area contributed by atoms with E-state index in [4.69, 9.17) is 9.47 Å². The molecule has 0 fully saturated rings. The van der Waals surface area contributed by atoms with Crippen molar-refractivity contribution < 1.29 is 14.6 Å². The van der Waals surface area contributed by atoms with Crippen LogP contribution in [0, 0.1) is 0 Å². The van der Waals surface area contributed by atoms with Crippen molar-refractivity contribution in [1.29, 1.82) is 0 Å². The number of ether oxygens (including phenoxy) is 2. The Bertz CT molecular complexity index is 222. The first-order chi connectivity index (χ1) is 9.39. The summed E-state index contributed by atoms with van der Waals surface area (Å²) in [5, 5.41) is 13.1. The van der Waals surface area contributed by atoms with Gasteiger partial charge in [-0.25, -0.2) is 0 Å². The average molecular weight is 289 g/mol. The monoisotopic (exact) mass is 289 g/mol. The lowest BCUT2D eigenvalue weighted by molar-refractivity contribution is -0.0359. The van der Waals surface area contributed by atoms with Crippen molar-refractivity contribution in [3.8, 4) is 0 Å². The smallest absolute Gasteiger partial charge is 0.0707 e. The van der Waals surface area contributed by atoms with Gasteiger partial charge in [-0.1, -0.05) is 13.8 Å². The third-order valence-corrected chi connectivity index (χ3v) is 3.44. The van der Waals surface area contributed by atoms with E-state index < -0.39 is 0 Å². The molecule has 0 saturated heterocycles. The van der Waals surface area contributed by atoms with Gasteiger partial charge >= 0.3 is 0 Å². The molecule has 122 valence electrons. The molecule has 0 aliphatic heterocycles. The molecule has 0 aromatic rings. The summed E-state index contributed by atoms with van der Waals surface area (Å²) in [5.41, 5.74) is -0.233. The zero-order valence-corrected chi connectivity index (χ0v) is 14.1. The second-order valence-corrected chi connectivity index (χ2v) is 6.40. The van der Waals surface area contributed by atoms with Gasteiger partial charge in [-0.2, -0.15) is 0 Å². The first-order valence-corrected chi connectivity index (χ1v) is 7.96. The number of hydrogen-bond acceptors (Lipinski definition) is 4. The highest BCUT2D eigenvalue weighted by Gasteiger charge is 2.25. The lowest BCUT2D eigenvalue weighted by Gasteiger charge is -2.32. The normalized spacial score (nSPS) is 15.3. The maximum Gasteiger partial charge on any atom is 0.0707 e. The van der Waals surface area contributed by atoms with Crippen molar-refractivity contribution in [3.63, 3.8) is 0 Å². The molecule has 0 saturated carbocycles. The van der Waals surface area contributed by atoms with E-state index in [0.29, 0.717) is 13.2 Å². The number of hydrogen-bond donors (Lipinski definition) is 2. The van der Waals surface area contributed by atoms with Gasteiger partial charge in [0.2, 0.25) is 0 Å². The maximum absolute atomic E-state index is 9.61. The molecule has 0 aliphatic carbocycles. The minimum absolute atomic E-state index is 0.0956. The molecule has 0 heterocycles. The molecule has 0 bridgehead atoms. The molecule has 1 unspecified atom stereocenters. The molecule has 0 aromatic heterocycles. The molecule has 0 aliphatic rings. The largest absolute Gasteiger partial charge is 0.394 e. The molecular formula is C16H35NO3. The second kappa shape index (κ2) is 10.6. The minimum Gasteiger partial charge on any atom is -0.394 e. The van der Waals surface area contributed by atoms with Crippen molar-refractivity contribution in [2.75, 3.05) is 33.0 Å². The van der Waals surface area contributed by atoms with E-state index in [9.17, 15) is 5.11 Å². The summed E-state index contributed by atoms with van der Waals surface area (Å²) in [6.07, 6.45) is 3.93. The number of aliphatic hydroxyl groups is 1. The van der Waals surface area contributed by atoms with Gasteiger partial charge < -0.3 is 19.9 Å². The van der Waals surface area contributed by atoms with Crippen LogP contribution in [0.4, 0.5) is 0 Å². The van der Waals surface area contributed by atoms with Crippen LogP contribution >= 0.6 is 0 Å². The summed E-state index contributed by atoms with van der Waals surface area (Å²) >= 11 is 0. The molecule has 0 rings (SSSR count).